The zero-order valence-corrected chi connectivity index (χ0v) is 22.7. The molecule has 0 amide bonds. The standard InChI is InChI=1S/C29H29F6N5O2/c1-37-6-9-39(10-7-37)40-11-8-38(12-13-41)27(19-40,17-21-18-36-25-5-3-2-4-24(21)25)26(42)20-14-22(28(30,31)32)16-23(15-20)29(33,34)35/h2-5,12,14-16,18,36H,6-11,17,19H2,1H3. The van der Waals surface area contributed by atoms with Crippen LogP contribution in [-0.4, -0.2) is 94.9 Å². The summed E-state index contributed by atoms with van der Waals surface area (Å²) >= 11 is 0. The lowest BCUT2D eigenvalue weighted by molar-refractivity contribution is -0.143. The fourth-order valence-corrected chi connectivity index (χ4v) is 5.87. The van der Waals surface area contributed by atoms with Crippen molar-refractivity contribution in [3.63, 3.8) is 0 Å². The fourth-order valence-electron chi connectivity index (χ4n) is 5.87. The van der Waals surface area contributed by atoms with Crippen LogP contribution in [0.1, 0.15) is 27.0 Å². The lowest BCUT2D eigenvalue weighted by Crippen LogP contribution is -2.69. The van der Waals surface area contributed by atoms with Crippen LogP contribution in [0.4, 0.5) is 26.3 Å². The van der Waals surface area contributed by atoms with Gasteiger partial charge in [0.05, 0.1) is 17.3 Å². The maximum absolute atomic E-state index is 14.5. The van der Waals surface area contributed by atoms with Crippen molar-refractivity contribution in [1.82, 2.24) is 24.8 Å². The normalized spacial score (nSPS) is 21.5. The van der Waals surface area contributed by atoms with Gasteiger partial charge in [0.1, 0.15) is 11.5 Å². The van der Waals surface area contributed by atoms with Gasteiger partial charge < -0.3 is 14.8 Å². The minimum atomic E-state index is -5.12. The highest BCUT2D eigenvalue weighted by molar-refractivity contribution is 6.04. The number of rotatable bonds is 6. The van der Waals surface area contributed by atoms with Gasteiger partial charge in [0.15, 0.2) is 5.78 Å². The third-order valence-corrected chi connectivity index (χ3v) is 8.11. The molecule has 42 heavy (non-hydrogen) atoms. The zero-order chi connectivity index (χ0) is 30.3. The lowest BCUT2D eigenvalue weighted by Gasteiger charge is -2.52. The molecule has 0 saturated carbocycles. The highest BCUT2D eigenvalue weighted by Gasteiger charge is 2.50. The number of hydrogen-bond donors (Lipinski definition) is 1. The van der Waals surface area contributed by atoms with Gasteiger partial charge in [0.25, 0.3) is 0 Å². The second-order valence-corrected chi connectivity index (χ2v) is 10.8. The van der Waals surface area contributed by atoms with Crippen LogP contribution >= 0.6 is 0 Å². The number of aromatic amines is 1. The summed E-state index contributed by atoms with van der Waals surface area (Å²) < 4.78 is 82.7. The molecule has 3 aromatic rings. The van der Waals surface area contributed by atoms with Crippen LogP contribution < -0.4 is 0 Å². The van der Waals surface area contributed by atoms with Gasteiger partial charge in [-0.3, -0.25) is 4.79 Å². The van der Waals surface area contributed by atoms with Crippen LogP contribution in [0.25, 0.3) is 10.9 Å². The maximum atomic E-state index is 14.5. The molecule has 224 valence electrons. The van der Waals surface area contributed by atoms with E-state index in [4.69, 9.17) is 0 Å². The molecule has 0 aliphatic carbocycles. The van der Waals surface area contributed by atoms with Gasteiger partial charge >= 0.3 is 12.4 Å². The average molecular weight is 594 g/mol. The van der Waals surface area contributed by atoms with E-state index in [0.29, 0.717) is 37.3 Å². The Labute approximate surface area is 237 Å². The molecule has 2 fully saturated rings. The Hall–Kier alpha value is -3.64. The van der Waals surface area contributed by atoms with Crippen molar-refractivity contribution in [2.24, 2.45) is 0 Å². The van der Waals surface area contributed by atoms with Crippen LogP contribution in [0.3, 0.4) is 0 Å². The maximum Gasteiger partial charge on any atom is 0.416 e. The lowest BCUT2D eigenvalue weighted by atomic mass is 9.79. The number of ketones is 1. The Morgan fingerprint density at radius 2 is 1.55 bits per heavy atom. The van der Waals surface area contributed by atoms with Crippen molar-refractivity contribution >= 4 is 22.6 Å². The van der Waals surface area contributed by atoms with Crippen LogP contribution in [0.2, 0.25) is 0 Å². The molecule has 0 bridgehead atoms. The predicted octanol–water partition coefficient (Wildman–Crippen LogP) is 4.50. The van der Waals surface area contributed by atoms with Crippen molar-refractivity contribution in [3.05, 3.63) is 77.1 Å². The van der Waals surface area contributed by atoms with Crippen LogP contribution in [0, 0.1) is 0 Å². The van der Waals surface area contributed by atoms with Crippen molar-refractivity contribution in [2.75, 3.05) is 52.9 Å². The van der Waals surface area contributed by atoms with E-state index in [1.807, 2.05) is 35.3 Å². The molecule has 0 radical (unpaired) electrons. The Morgan fingerprint density at radius 3 is 2.17 bits per heavy atom. The van der Waals surface area contributed by atoms with Crippen molar-refractivity contribution in [1.29, 1.82) is 0 Å². The molecule has 1 atom stereocenters. The number of fused-ring (bicyclic) bond motifs is 1. The second kappa shape index (κ2) is 11.2. The van der Waals surface area contributed by atoms with E-state index in [0.717, 1.165) is 30.2 Å². The molecule has 2 aliphatic heterocycles. The van der Waals surface area contributed by atoms with Crippen LogP contribution in [-0.2, 0) is 23.6 Å². The summed E-state index contributed by atoms with van der Waals surface area (Å²) in [5.74, 6) is 0.730. The van der Waals surface area contributed by atoms with Crippen molar-refractivity contribution in [3.8, 4) is 0 Å². The van der Waals surface area contributed by atoms with E-state index in [9.17, 15) is 35.9 Å². The topological polar surface area (TPSA) is 62.9 Å². The first kappa shape index (κ1) is 29.8. The van der Waals surface area contributed by atoms with Crippen LogP contribution in [0.15, 0.2) is 54.9 Å². The minimum absolute atomic E-state index is 0.00359. The SMILES string of the molecule is CN1CCN(N2CCN(C=C=O)C(Cc3c[nH]c4ccccc34)(C(=O)c3cc(C(F)(F)F)cc(C(F)(F)F)c3)C2)CC1. The number of piperazine rings is 2. The number of hydrogen-bond acceptors (Lipinski definition) is 6. The zero-order valence-electron chi connectivity index (χ0n) is 22.7. The predicted molar refractivity (Wildman–Crippen MR) is 143 cm³/mol. The minimum Gasteiger partial charge on any atom is -0.361 e. The molecular weight excluding hydrogens is 564 g/mol. The number of benzene rings is 2. The Balaban J connectivity index is 1.68. The number of Topliss-reactive ketones (excluding diaryl/α,β-unsaturated/α-hetero) is 1. The number of alkyl halides is 6. The number of halogens is 6. The van der Waals surface area contributed by atoms with E-state index in [2.05, 4.69) is 9.88 Å². The highest BCUT2D eigenvalue weighted by Crippen LogP contribution is 2.39. The van der Waals surface area contributed by atoms with E-state index < -0.39 is 40.4 Å². The highest BCUT2D eigenvalue weighted by atomic mass is 19.4. The number of nitrogens with zero attached hydrogens (tertiary/aromatic N) is 4. The number of aromatic nitrogens is 1. The molecule has 2 aromatic carbocycles. The summed E-state index contributed by atoms with van der Waals surface area (Å²) in [5.41, 5.74) is -4.23. The van der Waals surface area contributed by atoms with Gasteiger partial charge in [0.2, 0.25) is 0 Å². The smallest absolute Gasteiger partial charge is 0.361 e. The molecule has 5 rings (SSSR count). The summed E-state index contributed by atoms with van der Waals surface area (Å²) in [7, 11) is 1.97. The number of hydrazine groups is 1. The van der Waals surface area contributed by atoms with Crippen molar-refractivity contribution < 1.29 is 35.9 Å². The first-order chi connectivity index (χ1) is 19.8. The van der Waals surface area contributed by atoms with Gasteiger partial charge in [-0.1, -0.05) is 18.2 Å². The second-order valence-electron chi connectivity index (χ2n) is 10.8. The molecule has 0 spiro atoms. The molecule has 2 aliphatic rings. The van der Waals surface area contributed by atoms with Crippen LogP contribution in [0.5, 0.6) is 0 Å². The largest absolute Gasteiger partial charge is 0.416 e. The van der Waals surface area contributed by atoms with Gasteiger partial charge in [0, 0.05) is 74.9 Å². The van der Waals surface area contributed by atoms with Gasteiger partial charge in [-0.25, -0.2) is 14.8 Å². The summed E-state index contributed by atoms with van der Waals surface area (Å²) in [5, 5.41) is 4.72. The number of carbonyl (C=O) groups excluding carboxylic acids is 2. The average Bonchev–Trinajstić information content (AvgIpc) is 3.35. The fraction of sp³-hybridized carbons (Fsp3) is 0.414. The third kappa shape index (κ3) is 5.82. The Morgan fingerprint density at radius 1 is 0.929 bits per heavy atom. The first-order valence-corrected chi connectivity index (χ1v) is 13.4. The quantitative estimate of drug-likeness (QED) is 0.258. The van der Waals surface area contributed by atoms with E-state index in [-0.39, 0.29) is 25.6 Å². The summed E-state index contributed by atoms with van der Waals surface area (Å²) in [6.07, 6.45) is -7.63. The molecule has 7 nitrogen and oxygen atoms in total. The Bertz CT molecular complexity index is 1470. The Kier molecular flexibility index (Phi) is 7.97. The third-order valence-electron chi connectivity index (χ3n) is 8.11. The van der Waals surface area contributed by atoms with Crippen molar-refractivity contribution in [2.45, 2.75) is 24.3 Å². The molecule has 13 heteroatoms. The number of H-pyrrole nitrogens is 1. The molecule has 1 N–H and O–H groups in total. The molecular formula is C29H29F6N5O2. The summed E-state index contributed by atoms with van der Waals surface area (Å²) in [4.78, 5) is 32.8. The number of nitrogens with one attached hydrogen (secondary N) is 1. The summed E-state index contributed by atoms with van der Waals surface area (Å²) in [6, 6.07) is 8.16. The molecule has 3 heterocycles. The van der Waals surface area contributed by atoms with Gasteiger partial charge in [-0.15, -0.1) is 0 Å². The molecule has 2 saturated heterocycles. The van der Waals surface area contributed by atoms with Gasteiger partial charge in [-0.2, -0.15) is 26.3 Å². The number of carbonyl (C=O) groups is 1. The van der Waals surface area contributed by atoms with E-state index in [1.165, 1.54) is 4.90 Å². The number of para-hydroxylation sites is 1. The monoisotopic (exact) mass is 593 g/mol. The van der Waals surface area contributed by atoms with Gasteiger partial charge in [-0.05, 0) is 36.9 Å². The van der Waals surface area contributed by atoms with E-state index >= 15 is 0 Å². The molecule has 1 aromatic heterocycles. The van der Waals surface area contributed by atoms with E-state index in [1.54, 1.807) is 18.2 Å². The number of likely N-dealkylation sites (N-methyl/N-ethyl adjacent to an activating group) is 1. The molecule has 1 unspecified atom stereocenters. The first-order valence-electron chi connectivity index (χ1n) is 13.4. The summed E-state index contributed by atoms with van der Waals surface area (Å²) in [6.45, 7) is 3.17.